The van der Waals surface area contributed by atoms with Crippen LogP contribution in [-0.2, 0) is 0 Å². The third-order valence-corrected chi connectivity index (χ3v) is 3.05. The molecular weight excluding hydrogens is 279 g/mol. The van der Waals surface area contributed by atoms with E-state index in [1.165, 1.54) is 0 Å². The first kappa shape index (κ1) is 15.2. The highest BCUT2D eigenvalue weighted by molar-refractivity contribution is 5.50. The van der Waals surface area contributed by atoms with E-state index < -0.39 is 23.5 Å². The second-order valence-electron chi connectivity index (χ2n) is 4.58. The number of rotatable bonds is 5. The maximum absolute atomic E-state index is 13.7. The zero-order valence-corrected chi connectivity index (χ0v) is 11.8. The van der Waals surface area contributed by atoms with E-state index in [4.69, 9.17) is 4.74 Å². The van der Waals surface area contributed by atoms with Gasteiger partial charge in [-0.15, -0.1) is 0 Å². The number of halogens is 3. The molecule has 0 aliphatic carbocycles. The van der Waals surface area contributed by atoms with E-state index in [1.807, 2.05) is 25.1 Å². The molecule has 112 valence electrons. The van der Waals surface area contributed by atoms with Crippen LogP contribution in [0.3, 0.4) is 0 Å². The molecule has 0 saturated heterocycles. The van der Waals surface area contributed by atoms with Crippen LogP contribution in [0.2, 0.25) is 0 Å². The summed E-state index contributed by atoms with van der Waals surface area (Å²) in [5, 5.41) is 2.72. The molecule has 0 heterocycles. The molecule has 5 heteroatoms. The van der Waals surface area contributed by atoms with E-state index in [0.29, 0.717) is 24.5 Å². The molecule has 0 spiro atoms. The molecule has 2 rings (SSSR count). The Morgan fingerprint density at radius 1 is 1.10 bits per heavy atom. The van der Waals surface area contributed by atoms with Gasteiger partial charge in [-0.3, -0.25) is 0 Å². The molecule has 0 amide bonds. The quantitative estimate of drug-likeness (QED) is 0.865. The highest BCUT2D eigenvalue weighted by Crippen LogP contribution is 2.30. The summed E-state index contributed by atoms with van der Waals surface area (Å²) < 4.78 is 45.7. The molecule has 0 fully saturated rings. The Morgan fingerprint density at radius 2 is 1.71 bits per heavy atom. The summed E-state index contributed by atoms with van der Waals surface area (Å²) >= 11 is 0. The van der Waals surface area contributed by atoms with Crippen molar-refractivity contribution in [1.82, 2.24) is 0 Å². The van der Waals surface area contributed by atoms with E-state index in [9.17, 15) is 13.2 Å². The average molecular weight is 295 g/mol. The van der Waals surface area contributed by atoms with Gasteiger partial charge in [0.2, 0.25) is 0 Å². The zero-order chi connectivity index (χ0) is 15.4. The lowest BCUT2D eigenvalue weighted by Crippen LogP contribution is -2.11. The first-order valence-corrected chi connectivity index (χ1v) is 6.65. The normalized spacial score (nSPS) is 12.0. The molecule has 2 aromatic carbocycles. The van der Waals surface area contributed by atoms with Gasteiger partial charge < -0.3 is 10.1 Å². The van der Waals surface area contributed by atoms with Crippen molar-refractivity contribution in [1.29, 1.82) is 0 Å². The average Bonchev–Trinajstić information content (AvgIpc) is 2.43. The van der Waals surface area contributed by atoms with Gasteiger partial charge in [0.05, 0.1) is 12.6 Å². The maximum Gasteiger partial charge on any atom is 0.152 e. The second kappa shape index (κ2) is 6.52. The largest absolute Gasteiger partial charge is 0.494 e. The monoisotopic (exact) mass is 295 g/mol. The van der Waals surface area contributed by atoms with Crippen LogP contribution in [0, 0.1) is 17.5 Å². The molecule has 1 atom stereocenters. The van der Waals surface area contributed by atoms with Crippen LogP contribution in [0.1, 0.15) is 25.5 Å². The van der Waals surface area contributed by atoms with Crippen molar-refractivity contribution in [2.24, 2.45) is 0 Å². The van der Waals surface area contributed by atoms with Gasteiger partial charge in [-0.1, -0.05) is 18.2 Å². The third kappa shape index (κ3) is 3.48. The molecule has 0 saturated carbocycles. The predicted molar refractivity (Wildman–Crippen MR) is 76.0 cm³/mol. The van der Waals surface area contributed by atoms with Gasteiger partial charge >= 0.3 is 0 Å². The van der Waals surface area contributed by atoms with Gasteiger partial charge in [-0.05, 0) is 19.9 Å². The first-order valence-electron chi connectivity index (χ1n) is 6.65. The Balaban J connectivity index is 2.28. The summed E-state index contributed by atoms with van der Waals surface area (Å²) in [7, 11) is 0. The number of hydrogen-bond acceptors (Lipinski definition) is 2. The SMILES string of the molecule is CCOc1ccccc1C(C)Nc1c(F)cc(F)cc1F. The van der Waals surface area contributed by atoms with Crippen molar-refractivity contribution in [3.05, 3.63) is 59.4 Å². The molecule has 0 radical (unpaired) electrons. The van der Waals surface area contributed by atoms with Crippen LogP contribution in [0.5, 0.6) is 5.75 Å². The molecule has 2 aromatic rings. The van der Waals surface area contributed by atoms with Crippen molar-refractivity contribution >= 4 is 5.69 Å². The van der Waals surface area contributed by atoms with Crippen molar-refractivity contribution < 1.29 is 17.9 Å². The highest BCUT2D eigenvalue weighted by atomic mass is 19.1. The van der Waals surface area contributed by atoms with Crippen LogP contribution < -0.4 is 10.1 Å². The van der Waals surface area contributed by atoms with Crippen LogP contribution in [0.15, 0.2) is 36.4 Å². The first-order chi connectivity index (χ1) is 10.0. The number of ether oxygens (including phenoxy) is 1. The molecule has 2 nitrogen and oxygen atoms in total. The lowest BCUT2D eigenvalue weighted by atomic mass is 10.1. The van der Waals surface area contributed by atoms with E-state index in [-0.39, 0.29) is 5.69 Å². The molecule has 0 aliphatic heterocycles. The van der Waals surface area contributed by atoms with Crippen molar-refractivity contribution in [2.75, 3.05) is 11.9 Å². The Kier molecular flexibility index (Phi) is 4.73. The fourth-order valence-electron chi connectivity index (χ4n) is 2.10. The number of anilines is 1. The smallest absolute Gasteiger partial charge is 0.152 e. The number of para-hydroxylation sites is 1. The van der Waals surface area contributed by atoms with Gasteiger partial charge in [-0.25, -0.2) is 13.2 Å². The summed E-state index contributed by atoms with van der Waals surface area (Å²) in [6.45, 7) is 4.09. The Labute approximate surface area is 121 Å². The van der Waals surface area contributed by atoms with Crippen LogP contribution in [-0.4, -0.2) is 6.61 Å². The number of hydrogen-bond donors (Lipinski definition) is 1. The fraction of sp³-hybridized carbons (Fsp3) is 0.250. The van der Waals surface area contributed by atoms with Gasteiger partial charge in [-0.2, -0.15) is 0 Å². The van der Waals surface area contributed by atoms with Crippen LogP contribution in [0.4, 0.5) is 18.9 Å². The van der Waals surface area contributed by atoms with Crippen LogP contribution >= 0.6 is 0 Å². The van der Waals surface area contributed by atoms with Gasteiger partial charge in [0, 0.05) is 17.7 Å². The second-order valence-corrected chi connectivity index (χ2v) is 4.58. The molecule has 1 unspecified atom stereocenters. The van der Waals surface area contributed by atoms with Gasteiger partial charge in [0.15, 0.2) is 11.6 Å². The summed E-state index contributed by atoms with van der Waals surface area (Å²) in [4.78, 5) is 0. The lowest BCUT2D eigenvalue weighted by Gasteiger charge is -2.19. The zero-order valence-electron chi connectivity index (χ0n) is 11.8. The summed E-state index contributed by atoms with van der Waals surface area (Å²) in [5.74, 6) is -2.23. The fourth-order valence-corrected chi connectivity index (χ4v) is 2.10. The Morgan fingerprint density at radius 3 is 2.33 bits per heavy atom. The third-order valence-electron chi connectivity index (χ3n) is 3.05. The Hall–Kier alpha value is -2.17. The molecule has 0 bridgehead atoms. The minimum Gasteiger partial charge on any atom is -0.494 e. The van der Waals surface area contributed by atoms with Crippen LogP contribution in [0.25, 0.3) is 0 Å². The predicted octanol–water partition coefficient (Wildman–Crippen LogP) is 4.68. The topological polar surface area (TPSA) is 21.3 Å². The summed E-state index contributed by atoms with van der Waals surface area (Å²) in [5.41, 5.74) is 0.415. The van der Waals surface area contributed by atoms with E-state index >= 15 is 0 Å². The minimum absolute atomic E-state index is 0.352. The lowest BCUT2D eigenvalue weighted by molar-refractivity contribution is 0.335. The molecule has 0 aromatic heterocycles. The molecule has 1 N–H and O–H groups in total. The van der Waals surface area contributed by atoms with Gasteiger partial charge in [0.25, 0.3) is 0 Å². The minimum atomic E-state index is -0.965. The summed E-state index contributed by atoms with van der Waals surface area (Å²) in [6.07, 6.45) is 0. The van der Waals surface area contributed by atoms with E-state index in [1.54, 1.807) is 13.0 Å². The molecule has 0 aliphatic rings. The highest BCUT2D eigenvalue weighted by Gasteiger charge is 2.17. The summed E-state index contributed by atoms with van der Waals surface area (Å²) in [6, 6.07) is 8.12. The van der Waals surface area contributed by atoms with Crippen molar-refractivity contribution in [2.45, 2.75) is 19.9 Å². The molecular formula is C16H16F3NO. The standard InChI is InChI=1S/C16H16F3NO/c1-3-21-15-7-5-4-6-12(15)10(2)20-16-13(18)8-11(17)9-14(16)19/h4-10,20H,3H2,1-2H3. The molecule has 21 heavy (non-hydrogen) atoms. The maximum atomic E-state index is 13.7. The number of benzene rings is 2. The van der Waals surface area contributed by atoms with Crippen molar-refractivity contribution in [3.63, 3.8) is 0 Å². The van der Waals surface area contributed by atoms with Gasteiger partial charge in [0.1, 0.15) is 17.3 Å². The van der Waals surface area contributed by atoms with E-state index in [2.05, 4.69) is 5.32 Å². The van der Waals surface area contributed by atoms with Crippen molar-refractivity contribution in [3.8, 4) is 5.75 Å². The number of nitrogens with one attached hydrogen (secondary N) is 1. The van der Waals surface area contributed by atoms with E-state index in [0.717, 1.165) is 5.56 Å². The Bertz CT molecular complexity index is 608.